The van der Waals surface area contributed by atoms with Crippen LogP contribution >= 0.6 is 11.5 Å². The van der Waals surface area contributed by atoms with E-state index < -0.39 is 10.0 Å². The van der Waals surface area contributed by atoms with Gasteiger partial charge in [0.1, 0.15) is 9.90 Å². The van der Waals surface area contributed by atoms with E-state index in [2.05, 4.69) is 24.7 Å². The number of nitrogens with two attached hydrogens (primary N) is 1. The van der Waals surface area contributed by atoms with E-state index in [1.165, 1.54) is 24.7 Å². The van der Waals surface area contributed by atoms with Crippen LogP contribution in [0.5, 0.6) is 0 Å². The minimum Gasteiger partial charge on any atom is -0.323 e. The van der Waals surface area contributed by atoms with Crippen LogP contribution in [-0.2, 0) is 10.0 Å². The predicted octanol–water partition coefficient (Wildman–Crippen LogP) is 0.0195. The Morgan fingerprint density at radius 2 is 2.18 bits per heavy atom. The Bertz CT molecular complexity index is 597. The standard InChI is InChI=1S/C7H8N6O2S2/c8-11-5-1-2-9-3-6(5)17(14,15)12-7-4-10-13-16-7/h1-4,12H,8H2,(H,9,11). The number of anilines is 2. The maximum Gasteiger partial charge on any atom is 0.266 e. The molecular weight excluding hydrogens is 264 g/mol. The highest BCUT2D eigenvalue weighted by atomic mass is 32.2. The first-order valence-corrected chi connectivity index (χ1v) is 6.60. The quantitative estimate of drug-likeness (QED) is 0.529. The highest BCUT2D eigenvalue weighted by Gasteiger charge is 2.19. The third kappa shape index (κ3) is 2.49. The van der Waals surface area contributed by atoms with Gasteiger partial charge in [0.15, 0.2) is 0 Å². The van der Waals surface area contributed by atoms with Gasteiger partial charge in [-0.25, -0.2) is 8.42 Å². The maximum absolute atomic E-state index is 12.0. The van der Waals surface area contributed by atoms with Crippen molar-refractivity contribution in [2.75, 3.05) is 10.1 Å². The van der Waals surface area contributed by atoms with E-state index in [1.807, 2.05) is 0 Å². The lowest BCUT2D eigenvalue weighted by Crippen LogP contribution is -2.17. The van der Waals surface area contributed by atoms with E-state index in [0.717, 1.165) is 11.5 Å². The smallest absolute Gasteiger partial charge is 0.266 e. The Kier molecular flexibility index (Phi) is 3.17. The van der Waals surface area contributed by atoms with Crippen LogP contribution in [0.1, 0.15) is 0 Å². The molecule has 0 spiro atoms. The van der Waals surface area contributed by atoms with Crippen LogP contribution in [0.2, 0.25) is 0 Å². The van der Waals surface area contributed by atoms with Crippen molar-refractivity contribution in [3.63, 3.8) is 0 Å². The lowest BCUT2D eigenvalue weighted by molar-refractivity contribution is 0.601. The van der Waals surface area contributed by atoms with Gasteiger partial charge in [0.25, 0.3) is 10.0 Å². The molecule has 0 bridgehead atoms. The molecule has 0 aliphatic carbocycles. The summed E-state index contributed by atoms with van der Waals surface area (Å²) < 4.78 is 29.8. The van der Waals surface area contributed by atoms with Crippen molar-refractivity contribution in [2.24, 2.45) is 5.84 Å². The van der Waals surface area contributed by atoms with E-state index in [1.54, 1.807) is 0 Å². The largest absolute Gasteiger partial charge is 0.323 e. The third-order valence-corrected chi connectivity index (χ3v) is 3.93. The van der Waals surface area contributed by atoms with Gasteiger partial charge in [0.05, 0.1) is 11.9 Å². The van der Waals surface area contributed by atoms with E-state index in [-0.39, 0.29) is 10.6 Å². The lowest BCUT2D eigenvalue weighted by Gasteiger charge is -2.09. The van der Waals surface area contributed by atoms with Gasteiger partial charge in [0.2, 0.25) is 0 Å². The zero-order chi connectivity index (χ0) is 12.3. The summed E-state index contributed by atoms with van der Waals surface area (Å²) in [6.45, 7) is 0. The third-order valence-electron chi connectivity index (χ3n) is 1.83. The summed E-state index contributed by atoms with van der Waals surface area (Å²) in [6, 6.07) is 1.46. The SMILES string of the molecule is NNc1ccncc1S(=O)(=O)Nc1cnns1. The van der Waals surface area contributed by atoms with Crippen molar-refractivity contribution in [3.05, 3.63) is 24.7 Å². The summed E-state index contributed by atoms with van der Waals surface area (Å²) in [6.07, 6.45) is 3.95. The van der Waals surface area contributed by atoms with E-state index in [0.29, 0.717) is 5.00 Å². The zero-order valence-corrected chi connectivity index (χ0v) is 9.99. The Morgan fingerprint density at radius 3 is 2.82 bits per heavy atom. The maximum atomic E-state index is 12.0. The Balaban J connectivity index is 2.38. The van der Waals surface area contributed by atoms with Crippen LogP contribution in [-0.4, -0.2) is 23.0 Å². The minimum absolute atomic E-state index is 0.0455. The number of pyridine rings is 1. The van der Waals surface area contributed by atoms with E-state index in [4.69, 9.17) is 5.84 Å². The van der Waals surface area contributed by atoms with E-state index in [9.17, 15) is 8.42 Å². The normalized spacial score (nSPS) is 11.1. The molecule has 17 heavy (non-hydrogen) atoms. The number of hydrazine groups is 1. The number of hydrogen-bond donors (Lipinski definition) is 3. The molecule has 0 aromatic carbocycles. The summed E-state index contributed by atoms with van der Waals surface area (Å²) >= 11 is 0.934. The molecule has 0 radical (unpaired) electrons. The molecule has 0 fully saturated rings. The molecular formula is C7H8N6O2S2. The molecule has 90 valence electrons. The van der Waals surface area contributed by atoms with Crippen LogP contribution in [0.4, 0.5) is 10.7 Å². The molecule has 2 aromatic heterocycles. The van der Waals surface area contributed by atoms with Crippen molar-refractivity contribution in [1.29, 1.82) is 0 Å². The number of nitrogen functional groups attached to an aromatic ring is 1. The molecule has 2 aromatic rings. The molecule has 10 heteroatoms. The summed E-state index contributed by atoms with van der Waals surface area (Å²) in [5, 5.41) is 3.84. The molecule has 2 rings (SSSR count). The second-order valence-electron chi connectivity index (χ2n) is 2.90. The second-order valence-corrected chi connectivity index (χ2v) is 5.34. The Hall–Kier alpha value is -1.78. The second kappa shape index (κ2) is 4.61. The molecule has 8 nitrogen and oxygen atoms in total. The minimum atomic E-state index is -3.75. The molecule has 4 N–H and O–H groups in total. The van der Waals surface area contributed by atoms with Crippen LogP contribution in [0.3, 0.4) is 0 Å². The lowest BCUT2D eigenvalue weighted by atomic mass is 10.4. The molecule has 0 saturated carbocycles. The first kappa shape index (κ1) is 11.7. The van der Waals surface area contributed by atoms with Gasteiger partial charge in [0, 0.05) is 23.9 Å². The summed E-state index contributed by atoms with van der Waals surface area (Å²) in [4.78, 5) is 3.70. The van der Waals surface area contributed by atoms with Gasteiger partial charge in [-0.05, 0) is 6.07 Å². The number of nitrogens with zero attached hydrogens (tertiary/aromatic N) is 3. The van der Waals surface area contributed by atoms with Crippen LogP contribution in [0.25, 0.3) is 0 Å². The average Bonchev–Trinajstić information content (AvgIpc) is 2.81. The molecule has 0 atom stereocenters. The first-order valence-electron chi connectivity index (χ1n) is 4.34. The van der Waals surface area contributed by atoms with Gasteiger partial charge in [-0.1, -0.05) is 4.49 Å². The van der Waals surface area contributed by atoms with Crippen molar-refractivity contribution < 1.29 is 8.42 Å². The van der Waals surface area contributed by atoms with Crippen molar-refractivity contribution >= 4 is 32.2 Å². The molecule has 0 aliphatic rings. The van der Waals surface area contributed by atoms with Crippen LogP contribution in [0.15, 0.2) is 29.6 Å². The monoisotopic (exact) mass is 272 g/mol. The topological polar surface area (TPSA) is 123 Å². The molecule has 0 saturated heterocycles. The fraction of sp³-hybridized carbons (Fsp3) is 0. The highest BCUT2D eigenvalue weighted by Crippen LogP contribution is 2.22. The number of sulfonamides is 1. The Morgan fingerprint density at radius 1 is 1.35 bits per heavy atom. The highest BCUT2D eigenvalue weighted by molar-refractivity contribution is 7.93. The van der Waals surface area contributed by atoms with Gasteiger partial charge >= 0.3 is 0 Å². The number of hydrogen-bond acceptors (Lipinski definition) is 8. The molecule has 2 heterocycles. The predicted molar refractivity (Wildman–Crippen MR) is 62.8 cm³/mol. The number of aromatic nitrogens is 3. The molecule has 0 amide bonds. The Labute approximate surface area is 101 Å². The number of rotatable bonds is 4. The summed E-state index contributed by atoms with van der Waals surface area (Å²) in [5.74, 6) is 5.23. The van der Waals surface area contributed by atoms with E-state index >= 15 is 0 Å². The summed E-state index contributed by atoms with van der Waals surface area (Å²) in [7, 11) is -3.75. The molecule has 0 unspecified atom stereocenters. The fourth-order valence-electron chi connectivity index (χ4n) is 1.11. The molecule has 0 aliphatic heterocycles. The fourth-order valence-corrected chi connectivity index (χ4v) is 2.91. The van der Waals surface area contributed by atoms with Gasteiger partial charge in [-0.15, -0.1) is 5.10 Å². The zero-order valence-electron chi connectivity index (χ0n) is 8.36. The van der Waals surface area contributed by atoms with Gasteiger partial charge in [-0.3, -0.25) is 15.5 Å². The average molecular weight is 272 g/mol. The summed E-state index contributed by atoms with van der Waals surface area (Å²) in [5.41, 5.74) is 2.55. The first-order chi connectivity index (χ1) is 8.13. The van der Waals surface area contributed by atoms with Crippen molar-refractivity contribution in [1.82, 2.24) is 14.6 Å². The van der Waals surface area contributed by atoms with Gasteiger partial charge in [-0.2, -0.15) is 0 Å². The van der Waals surface area contributed by atoms with Crippen LogP contribution < -0.4 is 16.0 Å². The van der Waals surface area contributed by atoms with Gasteiger partial charge < -0.3 is 5.43 Å². The van der Waals surface area contributed by atoms with Crippen LogP contribution in [0, 0.1) is 0 Å². The number of nitrogens with one attached hydrogen (secondary N) is 2. The van der Waals surface area contributed by atoms with Crippen molar-refractivity contribution in [3.8, 4) is 0 Å². The van der Waals surface area contributed by atoms with Crippen molar-refractivity contribution in [2.45, 2.75) is 4.90 Å².